The van der Waals surface area contributed by atoms with Gasteiger partial charge >= 0.3 is 0 Å². The standard InChI is InChI=1S/C25H30O6/c1-4-13-22(28)20(17-9-5-15(2)6-10-17)25(31)23(29,19(27)14-26)21(24(22,25)30)18-11-7-16(3)8-12-18/h4-12,19-21,26-31H,1,13-14H2,2-3H3/t19-,20?,21?,22?,23+,24+,25+/m1/s1. The zero-order chi connectivity index (χ0) is 22.8. The number of fused-ring (bicyclic) bond motifs is 1. The Morgan fingerprint density at radius 2 is 1.29 bits per heavy atom. The maximum absolute atomic E-state index is 11.8. The van der Waals surface area contributed by atoms with Crippen LogP contribution in [0, 0.1) is 13.8 Å². The minimum atomic E-state index is -2.30. The number of aryl methyl sites for hydroxylation is 2. The van der Waals surface area contributed by atoms with Crippen molar-refractivity contribution in [2.75, 3.05) is 6.61 Å². The van der Waals surface area contributed by atoms with Crippen molar-refractivity contribution in [2.45, 2.75) is 60.6 Å². The molecule has 6 nitrogen and oxygen atoms in total. The van der Waals surface area contributed by atoms with Crippen molar-refractivity contribution < 1.29 is 30.6 Å². The zero-order valence-corrected chi connectivity index (χ0v) is 17.7. The molecule has 166 valence electrons. The van der Waals surface area contributed by atoms with Crippen LogP contribution in [0.3, 0.4) is 0 Å². The van der Waals surface area contributed by atoms with Crippen LogP contribution in [-0.4, -0.2) is 65.8 Å². The molecular weight excluding hydrogens is 396 g/mol. The smallest absolute Gasteiger partial charge is 0.138 e. The van der Waals surface area contributed by atoms with E-state index in [1.165, 1.54) is 6.08 Å². The lowest BCUT2D eigenvalue weighted by Crippen LogP contribution is -3.03. The molecule has 0 bridgehead atoms. The first-order chi connectivity index (χ1) is 14.5. The van der Waals surface area contributed by atoms with Crippen molar-refractivity contribution in [1.82, 2.24) is 0 Å². The number of aliphatic hydroxyl groups excluding tert-OH is 2. The van der Waals surface area contributed by atoms with Gasteiger partial charge in [-0.1, -0.05) is 65.7 Å². The Morgan fingerprint density at radius 1 is 0.839 bits per heavy atom. The third-order valence-electron chi connectivity index (χ3n) is 7.56. The lowest BCUT2D eigenvalue weighted by atomic mass is 9.25. The molecule has 2 aliphatic rings. The third-order valence-corrected chi connectivity index (χ3v) is 7.56. The van der Waals surface area contributed by atoms with E-state index in [0.717, 1.165) is 11.1 Å². The van der Waals surface area contributed by atoms with Gasteiger partial charge in [0.1, 0.15) is 28.5 Å². The molecule has 0 heterocycles. The largest absolute Gasteiger partial charge is 0.394 e. The van der Waals surface area contributed by atoms with Crippen molar-refractivity contribution >= 4 is 0 Å². The number of rotatable bonds is 6. The van der Waals surface area contributed by atoms with Crippen molar-refractivity contribution in [3.8, 4) is 0 Å². The van der Waals surface area contributed by atoms with E-state index in [1.54, 1.807) is 36.4 Å². The Hall–Kier alpha value is -2.06. The highest BCUT2D eigenvalue weighted by molar-refractivity contribution is 5.59. The fourth-order valence-corrected chi connectivity index (χ4v) is 6.11. The molecule has 31 heavy (non-hydrogen) atoms. The lowest BCUT2D eigenvalue weighted by Gasteiger charge is -2.84. The molecule has 0 aliphatic heterocycles. The molecule has 0 aromatic heterocycles. The van der Waals surface area contributed by atoms with Crippen molar-refractivity contribution in [2.24, 2.45) is 0 Å². The van der Waals surface area contributed by atoms with Crippen LogP contribution in [0.5, 0.6) is 0 Å². The van der Waals surface area contributed by atoms with E-state index in [1.807, 2.05) is 26.0 Å². The number of hydrogen-bond donors (Lipinski definition) is 6. The van der Waals surface area contributed by atoms with E-state index in [-0.39, 0.29) is 6.42 Å². The molecule has 6 heteroatoms. The highest BCUT2D eigenvalue weighted by Crippen LogP contribution is 2.80. The minimum absolute atomic E-state index is 0.0436. The first-order valence-electron chi connectivity index (χ1n) is 10.5. The predicted octanol–water partition coefficient (Wildman–Crippen LogP) is 1.05. The molecule has 2 fully saturated rings. The van der Waals surface area contributed by atoms with Gasteiger partial charge in [-0.25, -0.2) is 0 Å². The SMILES string of the molecule is C=CCC1(O)C(c2ccc(C)cc2)[C@]2(O)[C@](O)([C@H](O)CO)C(c3ccc(C)cc3)[C@]12O. The van der Waals surface area contributed by atoms with Gasteiger partial charge in [0.25, 0.3) is 0 Å². The van der Waals surface area contributed by atoms with Gasteiger partial charge in [0, 0.05) is 0 Å². The molecule has 0 spiro atoms. The van der Waals surface area contributed by atoms with Gasteiger partial charge in [-0.15, -0.1) is 6.58 Å². The highest BCUT2D eigenvalue weighted by atomic mass is 16.5. The monoisotopic (exact) mass is 426 g/mol. The molecule has 2 aromatic carbocycles. The maximum Gasteiger partial charge on any atom is 0.138 e. The van der Waals surface area contributed by atoms with E-state index in [0.29, 0.717) is 11.1 Å². The molecule has 7 atom stereocenters. The summed E-state index contributed by atoms with van der Waals surface area (Å²) in [5.41, 5.74) is -5.76. The fourth-order valence-electron chi connectivity index (χ4n) is 6.11. The second-order valence-electron chi connectivity index (χ2n) is 9.16. The van der Waals surface area contributed by atoms with Gasteiger partial charge in [0.15, 0.2) is 0 Å². The van der Waals surface area contributed by atoms with Crippen LogP contribution in [0.1, 0.15) is 40.5 Å². The van der Waals surface area contributed by atoms with E-state index in [4.69, 9.17) is 0 Å². The van der Waals surface area contributed by atoms with Crippen LogP contribution < -0.4 is 0 Å². The summed E-state index contributed by atoms with van der Waals surface area (Å²) < 4.78 is 0. The molecule has 4 rings (SSSR count). The van der Waals surface area contributed by atoms with Crippen molar-refractivity contribution in [3.63, 3.8) is 0 Å². The van der Waals surface area contributed by atoms with E-state index >= 15 is 0 Å². The van der Waals surface area contributed by atoms with Gasteiger partial charge in [-0.05, 0) is 31.4 Å². The van der Waals surface area contributed by atoms with Gasteiger partial charge < -0.3 is 30.6 Å². The second-order valence-corrected chi connectivity index (χ2v) is 9.16. The molecule has 6 N–H and O–H groups in total. The number of aliphatic hydroxyl groups is 6. The normalized spacial score (nSPS) is 39.7. The molecule has 2 aliphatic carbocycles. The summed E-state index contributed by atoms with van der Waals surface area (Å²) in [6.07, 6.45) is -0.326. The third kappa shape index (κ3) is 2.38. The summed E-state index contributed by atoms with van der Waals surface area (Å²) in [6.45, 7) is 6.66. The second kappa shape index (κ2) is 6.97. The Balaban J connectivity index is 1.94. The zero-order valence-electron chi connectivity index (χ0n) is 17.7. The summed E-state index contributed by atoms with van der Waals surface area (Å²) in [4.78, 5) is 0. The Bertz CT molecular complexity index is 988. The van der Waals surface area contributed by atoms with Gasteiger partial charge in [-0.2, -0.15) is 0 Å². The summed E-state index contributed by atoms with van der Waals surface area (Å²) in [7, 11) is 0. The fraction of sp³-hybridized carbons (Fsp3) is 0.440. The van der Waals surface area contributed by atoms with Crippen LogP contribution in [0.4, 0.5) is 0 Å². The number of hydrogen-bond acceptors (Lipinski definition) is 6. The maximum atomic E-state index is 11.8. The highest BCUT2D eigenvalue weighted by Gasteiger charge is 2.98. The molecular formula is C25H30O6. The van der Waals surface area contributed by atoms with Crippen LogP contribution in [0.25, 0.3) is 0 Å². The van der Waals surface area contributed by atoms with Crippen LogP contribution in [-0.2, 0) is 0 Å². The Labute approximate surface area is 181 Å². The van der Waals surface area contributed by atoms with E-state index < -0.39 is 47.0 Å². The Kier molecular flexibility index (Phi) is 4.98. The van der Waals surface area contributed by atoms with Gasteiger partial charge in [0.2, 0.25) is 0 Å². The van der Waals surface area contributed by atoms with E-state index in [2.05, 4.69) is 6.58 Å². The lowest BCUT2D eigenvalue weighted by molar-refractivity contribution is -0.488. The Morgan fingerprint density at radius 3 is 1.71 bits per heavy atom. The van der Waals surface area contributed by atoms with Crippen LogP contribution in [0.2, 0.25) is 0 Å². The van der Waals surface area contributed by atoms with Gasteiger partial charge in [0.05, 0.1) is 18.4 Å². The van der Waals surface area contributed by atoms with Crippen molar-refractivity contribution in [1.29, 1.82) is 0 Å². The quantitative estimate of drug-likeness (QED) is 0.384. The average Bonchev–Trinajstić information content (AvgIpc) is 2.75. The molecule has 2 aromatic rings. The van der Waals surface area contributed by atoms with Crippen molar-refractivity contribution in [3.05, 3.63) is 83.4 Å². The number of benzene rings is 2. The molecule has 2 saturated carbocycles. The topological polar surface area (TPSA) is 121 Å². The summed E-state index contributed by atoms with van der Waals surface area (Å²) >= 11 is 0. The van der Waals surface area contributed by atoms with Crippen LogP contribution in [0.15, 0.2) is 61.2 Å². The molecule has 0 amide bonds. The molecule has 0 saturated heterocycles. The summed E-state index contributed by atoms with van der Waals surface area (Å²) in [6, 6.07) is 14.0. The first-order valence-corrected chi connectivity index (χ1v) is 10.5. The summed E-state index contributed by atoms with van der Waals surface area (Å²) in [5, 5.41) is 67.5. The predicted molar refractivity (Wildman–Crippen MR) is 116 cm³/mol. The minimum Gasteiger partial charge on any atom is -0.394 e. The first kappa shape index (κ1) is 22.1. The summed E-state index contributed by atoms with van der Waals surface area (Å²) in [5.74, 6) is -2.35. The molecule has 3 unspecified atom stereocenters. The average molecular weight is 427 g/mol. The van der Waals surface area contributed by atoms with Crippen LogP contribution >= 0.6 is 0 Å². The van der Waals surface area contributed by atoms with Gasteiger partial charge in [-0.3, -0.25) is 0 Å². The molecule has 0 radical (unpaired) electrons. The van der Waals surface area contributed by atoms with E-state index in [9.17, 15) is 30.6 Å².